The summed E-state index contributed by atoms with van der Waals surface area (Å²) in [6.07, 6.45) is -1.24. The highest BCUT2D eigenvalue weighted by Crippen LogP contribution is 2.29. The summed E-state index contributed by atoms with van der Waals surface area (Å²) in [7, 11) is 0. The minimum absolute atomic E-state index is 0.0201. The minimum atomic E-state index is -4.37. The first kappa shape index (κ1) is 18.7. The van der Waals surface area contributed by atoms with Crippen molar-refractivity contribution in [3.05, 3.63) is 51.4 Å². The third-order valence-electron chi connectivity index (χ3n) is 3.96. The predicted molar refractivity (Wildman–Crippen MR) is 107 cm³/mol. The van der Waals surface area contributed by atoms with Gasteiger partial charge in [0.25, 0.3) is 0 Å². The standard InChI is InChI=1S/C17H11BrF3N5OS/c18-13-14(27)9(8-1-2-10-11(5-8)28-16(22)24-10)6-26-4-3-12(25-15(13)26)23-7-17(19,20)21/h1-6H,7H2,(H2,22,24)(H,23,25). The molecule has 0 fully saturated rings. The van der Waals surface area contributed by atoms with Gasteiger partial charge in [0, 0.05) is 18.0 Å². The Labute approximate surface area is 168 Å². The molecule has 6 nitrogen and oxygen atoms in total. The van der Waals surface area contributed by atoms with Gasteiger partial charge < -0.3 is 15.5 Å². The lowest BCUT2D eigenvalue weighted by atomic mass is 10.1. The fourth-order valence-corrected chi connectivity index (χ4v) is 4.00. The van der Waals surface area contributed by atoms with Gasteiger partial charge in [-0.25, -0.2) is 9.97 Å². The molecule has 0 aliphatic heterocycles. The maximum atomic E-state index is 12.8. The topological polar surface area (TPSA) is 85.3 Å². The van der Waals surface area contributed by atoms with E-state index in [9.17, 15) is 18.0 Å². The molecule has 3 N–H and O–H groups in total. The molecule has 0 saturated carbocycles. The van der Waals surface area contributed by atoms with Crippen LogP contribution < -0.4 is 16.5 Å². The van der Waals surface area contributed by atoms with Gasteiger partial charge >= 0.3 is 6.18 Å². The number of halogens is 4. The van der Waals surface area contributed by atoms with E-state index in [2.05, 4.69) is 31.2 Å². The number of nitrogens with zero attached hydrogens (tertiary/aromatic N) is 3. The lowest BCUT2D eigenvalue weighted by molar-refractivity contribution is -0.115. The number of alkyl halides is 3. The lowest BCUT2D eigenvalue weighted by Gasteiger charge is -2.11. The second-order valence-electron chi connectivity index (χ2n) is 5.93. The Kier molecular flexibility index (Phi) is 4.50. The highest BCUT2D eigenvalue weighted by molar-refractivity contribution is 9.10. The second kappa shape index (κ2) is 6.74. The first-order valence-corrected chi connectivity index (χ1v) is 9.51. The van der Waals surface area contributed by atoms with E-state index in [1.54, 1.807) is 22.7 Å². The number of thiazole rings is 1. The van der Waals surface area contributed by atoms with Crippen molar-refractivity contribution in [1.82, 2.24) is 14.4 Å². The molecule has 4 aromatic rings. The first-order chi connectivity index (χ1) is 13.2. The summed E-state index contributed by atoms with van der Waals surface area (Å²) in [4.78, 5) is 21.1. The molecular formula is C17H11BrF3N5OS. The van der Waals surface area contributed by atoms with Gasteiger partial charge in [-0.3, -0.25) is 4.79 Å². The molecule has 0 aliphatic rings. The molecule has 3 heterocycles. The molecule has 0 saturated heterocycles. The number of benzene rings is 1. The molecule has 4 rings (SSSR count). The van der Waals surface area contributed by atoms with Crippen LogP contribution in [0.4, 0.5) is 24.1 Å². The zero-order chi connectivity index (χ0) is 20.1. The van der Waals surface area contributed by atoms with Crippen LogP contribution in [-0.4, -0.2) is 27.1 Å². The molecule has 0 unspecified atom stereocenters. The molecule has 0 spiro atoms. The molecule has 11 heteroatoms. The van der Waals surface area contributed by atoms with E-state index in [0.29, 0.717) is 16.3 Å². The molecule has 28 heavy (non-hydrogen) atoms. The van der Waals surface area contributed by atoms with Gasteiger partial charge in [-0.05, 0) is 39.7 Å². The normalized spacial score (nSPS) is 12.0. The number of fused-ring (bicyclic) bond motifs is 2. The van der Waals surface area contributed by atoms with E-state index in [1.807, 2.05) is 6.07 Å². The Balaban J connectivity index is 1.79. The van der Waals surface area contributed by atoms with Crippen molar-refractivity contribution in [2.45, 2.75) is 6.18 Å². The van der Waals surface area contributed by atoms with E-state index < -0.39 is 12.7 Å². The van der Waals surface area contributed by atoms with Gasteiger partial charge in [-0.1, -0.05) is 17.4 Å². The van der Waals surface area contributed by atoms with Crippen molar-refractivity contribution in [1.29, 1.82) is 0 Å². The summed E-state index contributed by atoms with van der Waals surface area (Å²) in [5.41, 5.74) is 7.45. The third kappa shape index (κ3) is 3.54. The molecular weight excluding hydrogens is 459 g/mol. The fraction of sp³-hybridized carbons (Fsp3) is 0.118. The van der Waals surface area contributed by atoms with Crippen LogP contribution in [0.3, 0.4) is 0 Å². The summed E-state index contributed by atoms with van der Waals surface area (Å²) in [6, 6.07) is 6.78. The average molecular weight is 470 g/mol. The SMILES string of the molecule is Nc1nc2ccc(-c3cn4ccc(NCC(F)(F)F)nc4c(Br)c3=O)cc2s1. The van der Waals surface area contributed by atoms with Crippen LogP contribution in [0.2, 0.25) is 0 Å². The highest BCUT2D eigenvalue weighted by atomic mass is 79.9. The molecule has 0 radical (unpaired) electrons. The summed E-state index contributed by atoms with van der Waals surface area (Å²) in [5, 5.41) is 2.64. The largest absolute Gasteiger partial charge is 0.405 e. The van der Waals surface area contributed by atoms with Crippen LogP contribution in [0.1, 0.15) is 0 Å². The van der Waals surface area contributed by atoms with Crippen LogP contribution in [-0.2, 0) is 0 Å². The van der Waals surface area contributed by atoms with Gasteiger partial charge in [-0.15, -0.1) is 0 Å². The number of aromatic nitrogens is 3. The number of hydrogen-bond donors (Lipinski definition) is 2. The molecule has 0 atom stereocenters. The predicted octanol–water partition coefficient (Wildman–Crippen LogP) is 4.29. The molecule has 3 aromatic heterocycles. The van der Waals surface area contributed by atoms with Crippen molar-refractivity contribution in [3.8, 4) is 11.1 Å². The Morgan fingerprint density at radius 1 is 1.25 bits per heavy atom. The summed E-state index contributed by atoms with van der Waals surface area (Å²) < 4.78 is 39.7. The zero-order valence-electron chi connectivity index (χ0n) is 13.9. The van der Waals surface area contributed by atoms with Crippen LogP contribution in [0.25, 0.3) is 27.0 Å². The van der Waals surface area contributed by atoms with Gasteiger partial charge in [0.2, 0.25) is 5.43 Å². The van der Waals surface area contributed by atoms with Crippen molar-refractivity contribution < 1.29 is 13.2 Å². The van der Waals surface area contributed by atoms with Crippen molar-refractivity contribution in [2.75, 3.05) is 17.6 Å². The fourth-order valence-electron chi connectivity index (χ4n) is 2.72. The Morgan fingerprint density at radius 3 is 2.79 bits per heavy atom. The van der Waals surface area contributed by atoms with Crippen molar-refractivity contribution >= 4 is 54.1 Å². The van der Waals surface area contributed by atoms with E-state index in [1.165, 1.54) is 23.6 Å². The quantitative estimate of drug-likeness (QED) is 0.467. The van der Waals surface area contributed by atoms with Gasteiger partial charge in [0.05, 0.1) is 10.2 Å². The van der Waals surface area contributed by atoms with Gasteiger partial charge in [0.1, 0.15) is 16.8 Å². The zero-order valence-corrected chi connectivity index (χ0v) is 16.3. The summed E-state index contributed by atoms with van der Waals surface area (Å²) in [5.74, 6) is 0.0201. The Hall–Kier alpha value is -2.66. The number of pyridine rings is 1. The molecule has 0 aliphatic carbocycles. The smallest absolute Gasteiger partial charge is 0.375 e. The third-order valence-corrected chi connectivity index (χ3v) is 5.52. The summed E-state index contributed by atoms with van der Waals surface area (Å²) >= 11 is 4.55. The molecule has 0 bridgehead atoms. The number of hydrogen-bond acceptors (Lipinski definition) is 6. The van der Waals surface area contributed by atoms with Crippen LogP contribution >= 0.6 is 27.3 Å². The van der Waals surface area contributed by atoms with Crippen LogP contribution in [0.5, 0.6) is 0 Å². The maximum Gasteiger partial charge on any atom is 0.405 e. The molecule has 144 valence electrons. The number of nitrogens with two attached hydrogens (primary N) is 1. The second-order valence-corrected chi connectivity index (χ2v) is 7.79. The maximum absolute atomic E-state index is 12.8. The van der Waals surface area contributed by atoms with Gasteiger partial charge in [0.15, 0.2) is 10.8 Å². The summed E-state index contributed by atoms with van der Waals surface area (Å²) in [6.45, 7) is -1.21. The monoisotopic (exact) mass is 469 g/mol. The first-order valence-electron chi connectivity index (χ1n) is 7.90. The van der Waals surface area contributed by atoms with E-state index in [4.69, 9.17) is 5.73 Å². The Morgan fingerprint density at radius 2 is 2.04 bits per heavy atom. The number of anilines is 2. The lowest BCUT2D eigenvalue weighted by Crippen LogP contribution is -2.22. The van der Waals surface area contributed by atoms with E-state index >= 15 is 0 Å². The van der Waals surface area contributed by atoms with Crippen molar-refractivity contribution in [2.24, 2.45) is 0 Å². The number of nitrogen functional groups attached to an aromatic ring is 1. The number of rotatable bonds is 3. The van der Waals surface area contributed by atoms with E-state index in [0.717, 1.165) is 10.2 Å². The molecule has 1 aromatic carbocycles. The molecule has 0 amide bonds. The van der Waals surface area contributed by atoms with Crippen LogP contribution in [0.15, 0.2) is 45.9 Å². The van der Waals surface area contributed by atoms with Crippen LogP contribution in [0, 0.1) is 0 Å². The minimum Gasteiger partial charge on any atom is -0.375 e. The number of nitrogens with one attached hydrogen (secondary N) is 1. The average Bonchev–Trinajstić information content (AvgIpc) is 3.01. The van der Waals surface area contributed by atoms with Crippen molar-refractivity contribution in [3.63, 3.8) is 0 Å². The van der Waals surface area contributed by atoms with Gasteiger partial charge in [-0.2, -0.15) is 13.2 Å². The van der Waals surface area contributed by atoms with E-state index in [-0.39, 0.29) is 21.4 Å². The Bertz CT molecular complexity index is 1270. The highest BCUT2D eigenvalue weighted by Gasteiger charge is 2.26.